The van der Waals surface area contributed by atoms with Crippen molar-refractivity contribution in [2.45, 2.75) is 6.04 Å². The summed E-state index contributed by atoms with van der Waals surface area (Å²) in [6.45, 7) is 0. The first-order valence-electron chi connectivity index (χ1n) is 7.29. The highest BCUT2D eigenvalue weighted by Gasteiger charge is 2.38. The average Bonchev–Trinajstić information content (AvgIpc) is 2.61. The van der Waals surface area contributed by atoms with Crippen LogP contribution in [-0.4, -0.2) is 26.2 Å². The zero-order valence-electron chi connectivity index (χ0n) is 13.4. The highest BCUT2D eigenvalue weighted by molar-refractivity contribution is 9.10. The van der Waals surface area contributed by atoms with Gasteiger partial charge in [-0.05, 0) is 29.8 Å². The SMILES string of the molecule is COC(=O)C(C(=O)OC)C(Nc1ccccc1)c1cccc(Br)c1. The molecule has 0 radical (unpaired) electrons. The van der Waals surface area contributed by atoms with E-state index in [0.29, 0.717) is 0 Å². The van der Waals surface area contributed by atoms with Crippen LogP contribution in [0, 0.1) is 5.92 Å². The van der Waals surface area contributed by atoms with Gasteiger partial charge in [0.25, 0.3) is 0 Å². The van der Waals surface area contributed by atoms with E-state index in [1.54, 1.807) is 0 Å². The van der Waals surface area contributed by atoms with E-state index in [-0.39, 0.29) is 0 Å². The number of hydrogen-bond acceptors (Lipinski definition) is 5. The Bertz CT molecular complexity index is 689. The summed E-state index contributed by atoms with van der Waals surface area (Å²) in [7, 11) is 2.50. The van der Waals surface area contributed by atoms with E-state index in [1.165, 1.54) is 14.2 Å². The number of hydrogen-bond donors (Lipinski definition) is 1. The number of carbonyl (C=O) groups excluding carboxylic acids is 2. The van der Waals surface area contributed by atoms with Crippen LogP contribution in [0.4, 0.5) is 5.69 Å². The van der Waals surface area contributed by atoms with E-state index in [0.717, 1.165) is 15.7 Å². The van der Waals surface area contributed by atoms with Crippen molar-refractivity contribution in [2.75, 3.05) is 19.5 Å². The molecule has 6 heteroatoms. The van der Waals surface area contributed by atoms with Gasteiger partial charge >= 0.3 is 11.9 Å². The quantitative estimate of drug-likeness (QED) is 0.602. The van der Waals surface area contributed by atoms with Crippen molar-refractivity contribution in [3.8, 4) is 0 Å². The molecule has 0 fully saturated rings. The zero-order valence-corrected chi connectivity index (χ0v) is 14.9. The summed E-state index contributed by atoms with van der Waals surface area (Å²) in [6.07, 6.45) is 0. The van der Waals surface area contributed by atoms with E-state index < -0.39 is 23.9 Å². The Balaban J connectivity index is 2.47. The van der Waals surface area contributed by atoms with Gasteiger partial charge in [0.2, 0.25) is 0 Å². The molecular formula is C18H18BrNO4. The summed E-state index contributed by atoms with van der Waals surface area (Å²) in [5.41, 5.74) is 1.54. The predicted molar refractivity (Wildman–Crippen MR) is 94.5 cm³/mol. The smallest absolute Gasteiger partial charge is 0.322 e. The molecule has 0 aliphatic carbocycles. The van der Waals surface area contributed by atoms with Crippen LogP contribution in [-0.2, 0) is 19.1 Å². The van der Waals surface area contributed by atoms with Gasteiger partial charge in [0, 0.05) is 10.2 Å². The molecule has 1 unspecified atom stereocenters. The van der Waals surface area contributed by atoms with Crippen molar-refractivity contribution in [1.82, 2.24) is 0 Å². The molecule has 0 bridgehead atoms. The lowest BCUT2D eigenvalue weighted by molar-refractivity contribution is -0.159. The normalized spacial score (nSPS) is 11.7. The molecule has 0 aromatic heterocycles. The number of rotatable bonds is 6. The van der Waals surface area contributed by atoms with Gasteiger partial charge in [-0.3, -0.25) is 9.59 Å². The van der Waals surface area contributed by atoms with Crippen molar-refractivity contribution < 1.29 is 19.1 Å². The van der Waals surface area contributed by atoms with Crippen LogP contribution in [0.5, 0.6) is 0 Å². The average molecular weight is 392 g/mol. The van der Waals surface area contributed by atoms with Crippen LogP contribution in [0.15, 0.2) is 59.1 Å². The summed E-state index contributed by atoms with van der Waals surface area (Å²) in [5.74, 6) is -2.44. The topological polar surface area (TPSA) is 64.6 Å². The highest BCUT2D eigenvalue weighted by Crippen LogP contribution is 2.30. The van der Waals surface area contributed by atoms with Gasteiger partial charge in [0.05, 0.1) is 20.3 Å². The van der Waals surface area contributed by atoms with Crippen LogP contribution in [0.1, 0.15) is 11.6 Å². The second-order valence-electron chi connectivity index (χ2n) is 5.07. The lowest BCUT2D eigenvalue weighted by Crippen LogP contribution is -2.35. The van der Waals surface area contributed by atoms with Gasteiger partial charge in [-0.1, -0.05) is 46.3 Å². The zero-order chi connectivity index (χ0) is 17.5. The molecule has 0 aliphatic rings. The van der Waals surface area contributed by atoms with Crippen LogP contribution < -0.4 is 5.32 Å². The number of anilines is 1. The lowest BCUT2D eigenvalue weighted by Gasteiger charge is -2.26. The molecule has 0 spiro atoms. The molecule has 1 N–H and O–H groups in total. The molecule has 2 aromatic rings. The Kier molecular flexibility index (Phi) is 6.37. The molecule has 1 atom stereocenters. The van der Waals surface area contributed by atoms with Crippen molar-refractivity contribution in [2.24, 2.45) is 5.92 Å². The van der Waals surface area contributed by atoms with Gasteiger partial charge in [-0.2, -0.15) is 0 Å². The summed E-state index contributed by atoms with van der Waals surface area (Å²) in [6, 6.07) is 16.1. The number of para-hydroxylation sites is 1. The molecule has 24 heavy (non-hydrogen) atoms. The summed E-state index contributed by atoms with van der Waals surface area (Å²) < 4.78 is 10.5. The van der Waals surface area contributed by atoms with E-state index in [1.807, 2.05) is 54.6 Å². The van der Waals surface area contributed by atoms with Crippen LogP contribution in [0.3, 0.4) is 0 Å². The number of ether oxygens (including phenoxy) is 2. The van der Waals surface area contributed by atoms with Gasteiger partial charge < -0.3 is 14.8 Å². The second kappa shape index (κ2) is 8.49. The third kappa shape index (κ3) is 4.35. The minimum absolute atomic E-state index is 0.634. The highest BCUT2D eigenvalue weighted by atomic mass is 79.9. The molecule has 0 heterocycles. The van der Waals surface area contributed by atoms with Gasteiger partial charge in [0.15, 0.2) is 5.92 Å². The predicted octanol–water partition coefficient (Wildman–Crippen LogP) is 3.56. The maximum Gasteiger partial charge on any atom is 0.322 e. The summed E-state index contributed by atoms with van der Waals surface area (Å²) in [4.78, 5) is 24.5. The molecule has 0 aliphatic heterocycles. The van der Waals surface area contributed by atoms with Gasteiger partial charge in [0.1, 0.15) is 0 Å². The molecule has 126 valence electrons. The first kappa shape index (κ1) is 18.0. The number of carbonyl (C=O) groups is 2. The van der Waals surface area contributed by atoms with E-state index in [4.69, 9.17) is 9.47 Å². The Morgan fingerprint density at radius 2 is 1.58 bits per heavy atom. The van der Waals surface area contributed by atoms with Crippen LogP contribution in [0.2, 0.25) is 0 Å². The minimum atomic E-state index is -1.13. The molecule has 0 saturated carbocycles. The Hall–Kier alpha value is -2.34. The number of benzene rings is 2. The van der Waals surface area contributed by atoms with Gasteiger partial charge in [-0.15, -0.1) is 0 Å². The van der Waals surface area contributed by atoms with E-state index in [9.17, 15) is 9.59 Å². The van der Waals surface area contributed by atoms with Crippen LogP contribution in [0.25, 0.3) is 0 Å². The molecule has 5 nitrogen and oxygen atoms in total. The van der Waals surface area contributed by atoms with Crippen molar-refractivity contribution in [3.63, 3.8) is 0 Å². The molecule has 0 saturated heterocycles. The standard InChI is InChI=1S/C18H18BrNO4/c1-23-17(21)15(18(22)24-2)16(12-7-6-8-13(19)11-12)20-14-9-4-3-5-10-14/h3-11,15-16,20H,1-2H3. The first-order chi connectivity index (χ1) is 11.6. The van der Waals surface area contributed by atoms with E-state index >= 15 is 0 Å². The van der Waals surface area contributed by atoms with Crippen LogP contribution >= 0.6 is 15.9 Å². The number of halogens is 1. The first-order valence-corrected chi connectivity index (χ1v) is 8.09. The Labute approximate surface area is 149 Å². The third-order valence-electron chi connectivity index (χ3n) is 3.55. The Morgan fingerprint density at radius 1 is 0.958 bits per heavy atom. The minimum Gasteiger partial charge on any atom is -0.468 e. The Morgan fingerprint density at radius 3 is 2.12 bits per heavy atom. The number of nitrogens with one attached hydrogen (secondary N) is 1. The fourth-order valence-corrected chi connectivity index (χ4v) is 2.81. The lowest BCUT2D eigenvalue weighted by atomic mass is 9.92. The van der Waals surface area contributed by atoms with Crippen molar-refractivity contribution >= 4 is 33.6 Å². The van der Waals surface area contributed by atoms with E-state index in [2.05, 4.69) is 21.2 Å². The maximum atomic E-state index is 12.2. The molecule has 2 rings (SSSR count). The maximum absolute atomic E-state index is 12.2. The monoisotopic (exact) mass is 391 g/mol. The fraction of sp³-hybridized carbons (Fsp3) is 0.222. The largest absolute Gasteiger partial charge is 0.468 e. The fourth-order valence-electron chi connectivity index (χ4n) is 2.40. The van der Waals surface area contributed by atoms with Gasteiger partial charge in [-0.25, -0.2) is 0 Å². The van der Waals surface area contributed by atoms with Crippen molar-refractivity contribution in [3.05, 3.63) is 64.6 Å². The molecular weight excluding hydrogens is 374 g/mol. The summed E-state index contributed by atoms with van der Waals surface area (Å²) in [5, 5.41) is 3.23. The second-order valence-corrected chi connectivity index (χ2v) is 5.98. The number of methoxy groups -OCH3 is 2. The summed E-state index contributed by atoms with van der Waals surface area (Å²) >= 11 is 3.41. The molecule has 2 aromatic carbocycles. The third-order valence-corrected chi connectivity index (χ3v) is 4.04. The number of esters is 2. The molecule has 0 amide bonds. The van der Waals surface area contributed by atoms with Crippen molar-refractivity contribution in [1.29, 1.82) is 0 Å².